The number of pyridine rings is 1. The summed E-state index contributed by atoms with van der Waals surface area (Å²) >= 11 is 1.38. The van der Waals surface area contributed by atoms with Crippen molar-refractivity contribution in [3.8, 4) is 0 Å². The van der Waals surface area contributed by atoms with E-state index in [-0.39, 0.29) is 16.6 Å². The topological polar surface area (TPSA) is 84.9 Å². The Kier molecular flexibility index (Phi) is 5.48. The van der Waals surface area contributed by atoms with Gasteiger partial charge in [0.15, 0.2) is 10.8 Å². The number of nitrogens with zero attached hydrogens (tertiary/aromatic N) is 2. The summed E-state index contributed by atoms with van der Waals surface area (Å²) in [6.45, 7) is 1.74. The Labute approximate surface area is 154 Å². The summed E-state index contributed by atoms with van der Waals surface area (Å²) in [7, 11) is 1.27. The van der Waals surface area contributed by atoms with E-state index in [2.05, 4.69) is 15.0 Å². The van der Waals surface area contributed by atoms with Gasteiger partial charge in [-0.3, -0.25) is 4.79 Å². The van der Waals surface area contributed by atoms with Gasteiger partial charge in [0.05, 0.1) is 18.1 Å². The van der Waals surface area contributed by atoms with Crippen molar-refractivity contribution in [2.24, 2.45) is 0 Å². The Morgan fingerprint density at radius 1 is 1.27 bits per heavy atom. The van der Waals surface area contributed by atoms with Gasteiger partial charge in [-0.05, 0) is 18.6 Å². The first-order valence-corrected chi connectivity index (χ1v) is 8.91. The molecule has 7 heteroatoms. The first-order valence-electron chi connectivity index (χ1n) is 7.93. The molecule has 6 nitrogen and oxygen atoms in total. The summed E-state index contributed by atoms with van der Waals surface area (Å²) < 4.78 is 4.74. The second kappa shape index (κ2) is 7.97. The third-order valence-electron chi connectivity index (χ3n) is 3.61. The number of aromatic amines is 1. The van der Waals surface area contributed by atoms with Gasteiger partial charge in [-0.15, -0.1) is 0 Å². The van der Waals surface area contributed by atoms with Crippen LogP contribution in [0, 0.1) is 6.92 Å². The lowest BCUT2D eigenvalue weighted by molar-refractivity contribution is 0.0602. The molecule has 0 bridgehead atoms. The smallest absolute Gasteiger partial charge is 0.338 e. The van der Waals surface area contributed by atoms with E-state index in [0.717, 1.165) is 5.56 Å². The lowest BCUT2D eigenvalue weighted by Crippen LogP contribution is -2.16. The average Bonchev–Trinajstić information content (AvgIpc) is 2.64. The van der Waals surface area contributed by atoms with E-state index >= 15 is 0 Å². The number of methoxy groups -OCH3 is 1. The van der Waals surface area contributed by atoms with Crippen molar-refractivity contribution in [2.45, 2.75) is 12.1 Å². The standard InChI is InChI=1S/C19H17N3O3S/c1-12-11-14(18(24)25-2)15-16(20-12)21-19(22-17(15)23)26-10-6-9-13-7-4-3-5-8-13/h3-9,11H,10H2,1-2H3,(H,20,21,22,23). The van der Waals surface area contributed by atoms with Gasteiger partial charge >= 0.3 is 5.97 Å². The minimum atomic E-state index is -0.584. The molecule has 0 unspecified atom stereocenters. The van der Waals surface area contributed by atoms with Crippen LogP contribution < -0.4 is 5.56 Å². The second-order valence-corrected chi connectivity index (χ2v) is 6.51. The summed E-state index contributed by atoms with van der Waals surface area (Å²) in [6, 6.07) is 11.5. The Balaban J connectivity index is 1.86. The van der Waals surface area contributed by atoms with Crippen molar-refractivity contribution in [3.05, 3.63) is 69.6 Å². The molecule has 26 heavy (non-hydrogen) atoms. The number of nitrogens with one attached hydrogen (secondary N) is 1. The first-order chi connectivity index (χ1) is 12.6. The van der Waals surface area contributed by atoms with Crippen LogP contribution in [0.5, 0.6) is 0 Å². The molecule has 3 aromatic rings. The number of aromatic nitrogens is 3. The highest BCUT2D eigenvalue weighted by Gasteiger charge is 2.17. The molecule has 132 valence electrons. The predicted octanol–water partition coefficient (Wildman–Crippen LogP) is 3.22. The molecule has 3 rings (SSSR count). The van der Waals surface area contributed by atoms with Gasteiger partial charge in [-0.1, -0.05) is 54.2 Å². The minimum absolute atomic E-state index is 0.145. The zero-order valence-corrected chi connectivity index (χ0v) is 15.2. The number of aryl methyl sites for hydroxylation is 1. The number of H-pyrrole nitrogens is 1. The predicted molar refractivity (Wildman–Crippen MR) is 102 cm³/mol. The van der Waals surface area contributed by atoms with Gasteiger partial charge in [0.1, 0.15) is 0 Å². The molecule has 0 radical (unpaired) electrons. The van der Waals surface area contributed by atoms with E-state index in [0.29, 0.717) is 16.6 Å². The lowest BCUT2D eigenvalue weighted by atomic mass is 10.1. The zero-order chi connectivity index (χ0) is 18.5. The summed E-state index contributed by atoms with van der Waals surface area (Å²) in [5.74, 6) is 0.0537. The lowest BCUT2D eigenvalue weighted by Gasteiger charge is -2.06. The van der Waals surface area contributed by atoms with Crippen molar-refractivity contribution in [1.29, 1.82) is 0 Å². The molecular formula is C19H17N3O3S. The molecule has 0 spiro atoms. The van der Waals surface area contributed by atoms with Crippen LogP contribution in [0.4, 0.5) is 0 Å². The van der Waals surface area contributed by atoms with Crippen LogP contribution in [0.2, 0.25) is 0 Å². The summed E-state index contributed by atoms with van der Waals surface area (Å²) in [6.07, 6.45) is 4.00. The highest BCUT2D eigenvalue weighted by molar-refractivity contribution is 7.99. The second-order valence-electron chi connectivity index (χ2n) is 5.50. The largest absolute Gasteiger partial charge is 0.465 e. The number of fused-ring (bicyclic) bond motifs is 1. The summed E-state index contributed by atoms with van der Waals surface area (Å²) in [5.41, 5.74) is 1.70. The number of carbonyl (C=O) groups excluding carboxylic acids is 1. The molecule has 0 amide bonds. The molecule has 0 aliphatic carbocycles. The van der Waals surface area contributed by atoms with Crippen LogP contribution in [-0.2, 0) is 4.74 Å². The number of esters is 1. The van der Waals surface area contributed by atoms with Gasteiger partial charge in [0.25, 0.3) is 5.56 Å². The van der Waals surface area contributed by atoms with Crippen molar-refractivity contribution < 1.29 is 9.53 Å². The molecule has 1 N–H and O–H groups in total. The Morgan fingerprint density at radius 3 is 2.77 bits per heavy atom. The number of hydrogen-bond acceptors (Lipinski definition) is 6. The van der Waals surface area contributed by atoms with Gasteiger partial charge < -0.3 is 9.72 Å². The summed E-state index contributed by atoms with van der Waals surface area (Å²) in [4.78, 5) is 35.7. The third-order valence-corrected chi connectivity index (χ3v) is 4.44. The van der Waals surface area contributed by atoms with Crippen LogP contribution in [0.3, 0.4) is 0 Å². The minimum Gasteiger partial charge on any atom is -0.465 e. The van der Waals surface area contributed by atoms with E-state index in [1.165, 1.54) is 24.9 Å². The molecule has 0 aliphatic heterocycles. The Bertz CT molecular complexity index is 1030. The van der Waals surface area contributed by atoms with Gasteiger partial charge in [0, 0.05) is 11.4 Å². The van der Waals surface area contributed by atoms with E-state index in [1.54, 1.807) is 6.92 Å². The van der Waals surface area contributed by atoms with E-state index in [1.807, 2.05) is 42.5 Å². The summed E-state index contributed by atoms with van der Waals surface area (Å²) in [5, 5.41) is 0.598. The molecule has 2 aromatic heterocycles. The molecule has 0 saturated carbocycles. The van der Waals surface area contributed by atoms with Crippen LogP contribution in [0.25, 0.3) is 17.1 Å². The maximum Gasteiger partial charge on any atom is 0.338 e. The van der Waals surface area contributed by atoms with Crippen molar-refractivity contribution in [3.63, 3.8) is 0 Å². The molecule has 1 aromatic carbocycles. The fourth-order valence-electron chi connectivity index (χ4n) is 2.46. The van der Waals surface area contributed by atoms with Crippen LogP contribution >= 0.6 is 11.8 Å². The highest BCUT2D eigenvalue weighted by atomic mass is 32.2. The number of hydrogen-bond donors (Lipinski definition) is 1. The molecule has 0 atom stereocenters. The van der Waals surface area contributed by atoms with E-state index in [9.17, 15) is 9.59 Å². The van der Waals surface area contributed by atoms with Gasteiger partial charge in [-0.2, -0.15) is 0 Å². The van der Waals surface area contributed by atoms with Crippen molar-refractivity contribution >= 4 is 34.8 Å². The van der Waals surface area contributed by atoms with Crippen molar-refractivity contribution in [1.82, 2.24) is 15.0 Å². The molecular weight excluding hydrogens is 350 g/mol. The third kappa shape index (κ3) is 4.00. The maximum atomic E-state index is 12.4. The molecule has 0 fully saturated rings. The van der Waals surface area contributed by atoms with E-state index in [4.69, 9.17) is 4.74 Å². The highest BCUT2D eigenvalue weighted by Crippen LogP contribution is 2.18. The first kappa shape index (κ1) is 17.9. The fraction of sp³-hybridized carbons (Fsp3) is 0.158. The average molecular weight is 367 g/mol. The fourth-order valence-corrected chi connectivity index (χ4v) is 3.13. The molecule has 0 saturated heterocycles. The Morgan fingerprint density at radius 2 is 2.04 bits per heavy atom. The van der Waals surface area contributed by atoms with Crippen LogP contribution in [0.15, 0.2) is 52.4 Å². The van der Waals surface area contributed by atoms with Crippen molar-refractivity contribution in [2.75, 3.05) is 12.9 Å². The molecule has 2 heterocycles. The van der Waals surface area contributed by atoms with Crippen LogP contribution in [-0.4, -0.2) is 33.8 Å². The SMILES string of the molecule is COC(=O)c1cc(C)nc2nc(SCC=Cc3ccccc3)[nH]c(=O)c12. The maximum absolute atomic E-state index is 12.4. The van der Waals surface area contributed by atoms with Gasteiger partial charge in [0.2, 0.25) is 0 Å². The quantitative estimate of drug-likeness (QED) is 0.423. The number of carbonyl (C=O) groups is 1. The van der Waals surface area contributed by atoms with Gasteiger partial charge in [-0.25, -0.2) is 14.8 Å². The zero-order valence-electron chi connectivity index (χ0n) is 14.4. The number of thioether (sulfide) groups is 1. The Hall–Kier alpha value is -2.93. The van der Waals surface area contributed by atoms with Crippen LogP contribution in [0.1, 0.15) is 21.6 Å². The normalized spacial score (nSPS) is 11.2. The number of rotatable bonds is 5. The number of benzene rings is 1. The monoisotopic (exact) mass is 367 g/mol. The number of ether oxygens (including phenoxy) is 1. The van der Waals surface area contributed by atoms with E-state index < -0.39 is 11.5 Å². The molecule has 0 aliphatic rings.